The van der Waals surface area contributed by atoms with Crippen LogP contribution in [0.2, 0.25) is 0 Å². The number of hydrogen-bond acceptors (Lipinski definition) is 5. The first-order valence-corrected chi connectivity index (χ1v) is 11.6. The molecule has 0 spiro atoms. The number of carboxylic acid groups (broad SMARTS) is 1. The zero-order valence-corrected chi connectivity index (χ0v) is 18.7. The first kappa shape index (κ1) is 21.3. The predicted molar refractivity (Wildman–Crippen MR) is 129 cm³/mol. The van der Waals surface area contributed by atoms with Gasteiger partial charge in [0.1, 0.15) is 12.4 Å². The predicted octanol–water partition coefficient (Wildman–Crippen LogP) is 4.26. The highest BCUT2D eigenvalue weighted by Crippen LogP contribution is 2.52. The van der Waals surface area contributed by atoms with Crippen LogP contribution in [0, 0.1) is 23.7 Å². The highest BCUT2D eigenvalue weighted by Gasteiger charge is 2.59. The van der Waals surface area contributed by atoms with Gasteiger partial charge in [0.2, 0.25) is 0 Å². The molecule has 3 aromatic carbocycles. The Morgan fingerprint density at radius 3 is 2.49 bits per heavy atom. The van der Waals surface area contributed by atoms with E-state index in [0.29, 0.717) is 16.9 Å². The number of aromatic carboxylic acids is 1. The fourth-order valence-corrected chi connectivity index (χ4v) is 5.61. The summed E-state index contributed by atoms with van der Waals surface area (Å²) in [5.41, 5.74) is 1.55. The number of hydrogen-bond donors (Lipinski definition) is 1. The van der Waals surface area contributed by atoms with Crippen LogP contribution in [-0.2, 0) is 16.2 Å². The number of rotatable bonds is 6. The summed E-state index contributed by atoms with van der Waals surface area (Å²) in [7, 11) is 0. The summed E-state index contributed by atoms with van der Waals surface area (Å²) in [6.07, 6.45) is 6.51. The minimum atomic E-state index is -1.00. The molecule has 1 heterocycles. The van der Waals surface area contributed by atoms with Gasteiger partial charge in [0.25, 0.3) is 11.8 Å². The molecule has 4 atom stereocenters. The van der Waals surface area contributed by atoms with Gasteiger partial charge in [0.05, 0.1) is 23.6 Å². The fraction of sp³-hybridized carbons (Fsp3) is 0.214. The Hall–Kier alpha value is -4.26. The van der Waals surface area contributed by atoms with Crippen molar-refractivity contribution in [2.24, 2.45) is 28.8 Å². The third kappa shape index (κ3) is 3.51. The topological polar surface area (TPSA) is 96.3 Å². The van der Waals surface area contributed by atoms with E-state index in [2.05, 4.69) is 17.3 Å². The number of imide groups is 1. The van der Waals surface area contributed by atoms with Gasteiger partial charge < -0.3 is 9.84 Å². The maximum Gasteiger partial charge on any atom is 0.335 e. The molecular weight excluding hydrogens is 444 g/mol. The lowest BCUT2D eigenvalue weighted by atomic mass is 9.85. The van der Waals surface area contributed by atoms with E-state index in [-0.39, 0.29) is 47.7 Å². The summed E-state index contributed by atoms with van der Waals surface area (Å²) in [6.45, 7) is 0.154. The molecule has 1 N–H and O–H groups in total. The molecule has 2 amide bonds. The van der Waals surface area contributed by atoms with E-state index in [9.17, 15) is 19.5 Å². The Morgan fingerprint density at radius 1 is 1.00 bits per heavy atom. The molecule has 0 aromatic heterocycles. The molecule has 174 valence electrons. The van der Waals surface area contributed by atoms with Gasteiger partial charge in [-0.1, -0.05) is 54.6 Å². The number of fused-ring (bicyclic) bond motifs is 6. The Labute approximate surface area is 201 Å². The molecule has 3 aliphatic rings. The molecule has 0 unspecified atom stereocenters. The van der Waals surface area contributed by atoms with Crippen molar-refractivity contribution in [2.75, 3.05) is 0 Å². The van der Waals surface area contributed by atoms with E-state index in [1.54, 1.807) is 18.2 Å². The number of ether oxygens (including phenoxy) is 1. The largest absolute Gasteiger partial charge is 0.488 e. The van der Waals surface area contributed by atoms with Gasteiger partial charge in [-0.05, 0) is 52.8 Å². The van der Waals surface area contributed by atoms with Crippen molar-refractivity contribution in [1.29, 1.82) is 0 Å². The number of carbonyl (C=O) groups excluding carboxylic acids is 2. The van der Waals surface area contributed by atoms with Gasteiger partial charge in [-0.15, -0.1) is 0 Å². The molecular formula is C28H22N2O5. The third-order valence-electron chi connectivity index (χ3n) is 7.25. The molecule has 0 radical (unpaired) electrons. The minimum Gasteiger partial charge on any atom is -0.488 e. The first-order chi connectivity index (χ1) is 17.0. The Kier molecular flexibility index (Phi) is 4.99. The van der Waals surface area contributed by atoms with Gasteiger partial charge in [-0.3, -0.25) is 9.59 Å². The molecule has 7 nitrogen and oxygen atoms in total. The van der Waals surface area contributed by atoms with E-state index in [0.717, 1.165) is 22.2 Å². The van der Waals surface area contributed by atoms with Crippen LogP contribution in [0.4, 0.5) is 0 Å². The van der Waals surface area contributed by atoms with Crippen molar-refractivity contribution >= 4 is 34.8 Å². The molecule has 6 rings (SSSR count). The standard InChI is InChI=1S/C28H22N2O5/c31-26-24-18-8-9-19(13-18)25(24)27(32)30(26)29-14-22-21-7-2-1-5-17(21)10-11-23(22)35-15-16-4-3-6-20(12-16)28(33)34/h1-12,14,18-19,24-25H,13,15H2,(H,33,34)/t18-,19-,24-,25+/m0/s1. The zero-order valence-electron chi connectivity index (χ0n) is 18.7. The van der Waals surface area contributed by atoms with Crippen molar-refractivity contribution in [3.8, 4) is 5.75 Å². The smallest absolute Gasteiger partial charge is 0.335 e. The second kappa shape index (κ2) is 8.20. The van der Waals surface area contributed by atoms with Gasteiger partial charge in [-0.25, -0.2) is 4.79 Å². The maximum atomic E-state index is 13.0. The summed E-state index contributed by atoms with van der Waals surface area (Å²) in [5.74, 6) is -1.31. The molecule has 7 heteroatoms. The summed E-state index contributed by atoms with van der Waals surface area (Å²) >= 11 is 0. The number of hydrazone groups is 1. The molecule has 35 heavy (non-hydrogen) atoms. The third-order valence-corrected chi connectivity index (χ3v) is 7.25. The number of nitrogens with zero attached hydrogens (tertiary/aromatic N) is 2. The van der Waals surface area contributed by atoms with Crippen LogP contribution in [0.1, 0.15) is 27.9 Å². The lowest BCUT2D eigenvalue weighted by Gasteiger charge is -2.14. The molecule has 3 aromatic rings. The summed E-state index contributed by atoms with van der Waals surface area (Å²) in [6, 6.07) is 18.0. The van der Waals surface area contributed by atoms with Crippen LogP contribution in [0.15, 0.2) is 77.9 Å². The highest BCUT2D eigenvalue weighted by atomic mass is 16.5. The lowest BCUT2D eigenvalue weighted by molar-refractivity contribution is -0.140. The Morgan fingerprint density at radius 2 is 1.74 bits per heavy atom. The molecule has 2 aliphatic carbocycles. The molecule has 1 saturated heterocycles. The molecule has 1 saturated carbocycles. The number of benzene rings is 3. The van der Waals surface area contributed by atoms with E-state index in [1.807, 2.05) is 36.4 Å². The van der Waals surface area contributed by atoms with Crippen molar-refractivity contribution in [3.05, 3.63) is 89.5 Å². The van der Waals surface area contributed by atoms with Crippen molar-refractivity contribution in [3.63, 3.8) is 0 Å². The SMILES string of the molecule is O=C(O)c1cccc(COc2ccc3ccccc3c2C=NN2C(=O)[C@@H]3[C@H](C2=O)[C@H]2C=C[C@H]3C2)c1. The van der Waals surface area contributed by atoms with E-state index >= 15 is 0 Å². The second-order valence-corrected chi connectivity index (χ2v) is 9.23. The summed E-state index contributed by atoms with van der Waals surface area (Å²) < 4.78 is 6.07. The van der Waals surface area contributed by atoms with Crippen LogP contribution in [0.25, 0.3) is 10.8 Å². The summed E-state index contributed by atoms with van der Waals surface area (Å²) in [4.78, 5) is 37.4. The average molecular weight is 466 g/mol. The molecule has 1 aliphatic heterocycles. The van der Waals surface area contributed by atoms with Gasteiger partial charge in [0, 0.05) is 5.56 Å². The van der Waals surface area contributed by atoms with E-state index in [1.165, 1.54) is 12.3 Å². The van der Waals surface area contributed by atoms with E-state index in [4.69, 9.17) is 4.74 Å². The van der Waals surface area contributed by atoms with Crippen LogP contribution < -0.4 is 4.74 Å². The first-order valence-electron chi connectivity index (χ1n) is 11.6. The fourth-order valence-electron chi connectivity index (χ4n) is 5.61. The van der Waals surface area contributed by atoms with Crippen molar-refractivity contribution < 1.29 is 24.2 Å². The van der Waals surface area contributed by atoms with Crippen molar-refractivity contribution in [2.45, 2.75) is 13.0 Å². The molecule has 2 bridgehead atoms. The minimum absolute atomic E-state index is 0.125. The monoisotopic (exact) mass is 466 g/mol. The van der Waals surface area contributed by atoms with Crippen LogP contribution in [0.5, 0.6) is 5.75 Å². The summed E-state index contributed by atoms with van der Waals surface area (Å²) in [5, 5.41) is 16.5. The zero-order chi connectivity index (χ0) is 24.1. The van der Waals surface area contributed by atoms with Crippen molar-refractivity contribution in [1.82, 2.24) is 5.01 Å². The second-order valence-electron chi connectivity index (χ2n) is 9.23. The maximum absolute atomic E-state index is 13.0. The number of amides is 2. The number of allylic oxidation sites excluding steroid dienone is 2. The van der Waals surface area contributed by atoms with Crippen LogP contribution >= 0.6 is 0 Å². The Balaban J connectivity index is 1.31. The molecule has 2 fully saturated rings. The van der Waals surface area contributed by atoms with Gasteiger partial charge >= 0.3 is 5.97 Å². The quantitative estimate of drug-likeness (QED) is 0.333. The normalized spacial score (nSPS) is 24.6. The highest BCUT2D eigenvalue weighted by molar-refractivity contribution is 6.08. The number of carbonyl (C=O) groups is 3. The van der Waals surface area contributed by atoms with Gasteiger partial charge in [0.15, 0.2) is 0 Å². The van der Waals surface area contributed by atoms with E-state index < -0.39 is 5.97 Å². The van der Waals surface area contributed by atoms with Crippen LogP contribution in [0.3, 0.4) is 0 Å². The number of carboxylic acids is 1. The van der Waals surface area contributed by atoms with Gasteiger partial charge in [-0.2, -0.15) is 10.1 Å². The Bertz CT molecular complexity index is 1410. The lowest BCUT2D eigenvalue weighted by Crippen LogP contribution is -2.28. The van der Waals surface area contributed by atoms with Crippen LogP contribution in [-0.4, -0.2) is 34.1 Å². The average Bonchev–Trinajstić information content (AvgIpc) is 3.56.